The maximum absolute atomic E-state index is 11.2. The monoisotopic (exact) mass is 217 g/mol. The first-order chi connectivity index (χ1) is 6.25. The van der Waals surface area contributed by atoms with Gasteiger partial charge in [0.25, 0.3) is 0 Å². The average Bonchev–Trinajstić information content (AvgIpc) is 1.99. The van der Waals surface area contributed by atoms with Crippen molar-refractivity contribution in [2.24, 2.45) is 5.73 Å². The quantitative estimate of drug-likeness (QED) is 0.642. The summed E-state index contributed by atoms with van der Waals surface area (Å²) in [6.07, 6.45) is 0.124. The Kier molecular flexibility index (Phi) is 5.01. The molecule has 1 amide bonds. The molecule has 0 radical (unpaired) electrons. The molecule has 0 saturated carbocycles. The van der Waals surface area contributed by atoms with Crippen molar-refractivity contribution in [1.82, 2.24) is 10.2 Å². The lowest BCUT2D eigenvalue weighted by molar-refractivity contribution is -0.120. The Morgan fingerprint density at radius 1 is 1.50 bits per heavy atom. The van der Waals surface area contributed by atoms with E-state index in [1.165, 1.54) is 0 Å². The first-order valence-corrected chi connectivity index (χ1v) is 4.89. The molecule has 0 aliphatic carbocycles. The predicted octanol–water partition coefficient (Wildman–Crippen LogP) is 0.119. The number of likely N-dealkylation sites (N-methyl/N-ethyl adjacent to an activating group) is 1. The summed E-state index contributed by atoms with van der Waals surface area (Å²) in [4.78, 5) is 13.5. The minimum absolute atomic E-state index is 0.0636. The normalized spacial score (nSPS) is 11.5. The molecule has 14 heavy (non-hydrogen) atoms. The fourth-order valence-corrected chi connectivity index (χ4v) is 0.825. The van der Waals surface area contributed by atoms with Crippen LogP contribution in [0, 0.1) is 0 Å². The first-order valence-electron chi connectivity index (χ1n) is 4.48. The van der Waals surface area contributed by atoms with E-state index in [1.807, 2.05) is 32.8 Å². The van der Waals surface area contributed by atoms with Crippen LogP contribution in [0.5, 0.6) is 0 Å². The van der Waals surface area contributed by atoms with Crippen LogP contribution in [0.1, 0.15) is 20.3 Å². The lowest BCUT2D eigenvalue weighted by atomic mass is 10.0. The average molecular weight is 217 g/mol. The molecule has 0 aliphatic rings. The van der Waals surface area contributed by atoms with Gasteiger partial charge >= 0.3 is 0 Å². The molecule has 0 aromatic heterocycles. The molecule has 0 unspecified atom stereocenters. The number of thiocarbonyl (C=S) groups is 1. The number of rotatable bonds is 5. The van der Waals surface area contributed by atoms with E-state index >= 15 is 0 Å². The Labute approximate surface area is 90.8 Å². The van der Waals surface area contributed by atoms with Crippen LogP contribution in [0.15, 0.2) is 0 Å². The molecule has 0 aromatic carbocycles. The maximum Gasteiger partial charge on any atom is 0.226 e. The molecule has 0 atom stereocenters. The van der Waals surface area contributed by atoms with Crippen molar-refractivity contribution in [1.29, 1.82) is 0 Å². The zero-order valence-corrected chi connectivity index (χ0v) is 10.1. The third-order valence-electron chi connectivity index (χ3n) is 2.26. The van der Waals surface area contributed by atoms with Crippen LogP contribution in [0.2, 0.25) is 0 Å². The van der Waals surface area contributed by atoms with Gasteiger partial charge in [0, 0.05) is 12.1 Å². The van der Waals surface area contributed by atoms with Crippen LogP contribution in [-0.4, -0.2) is 42.0 Å². The van der Waals surface area contributed by atoms with Gasteiger partial charge < -0.3 is 16.0 Å². The second-order valence-electron chi connectivity index (χ2n) is 4.13. The molecule has 0 rings (SSSR count). The number of nitrogens with two attached hydrogens (primary N) is 1. The van der Waals surface area contributed by atoms with Crippen LogP contribution in [0.3, 0.4) is 0 Å². The van der Waals surface area contributed by atoms with Crippen molar-refractivity contribution in [3.63, 3.8) is 0 Å². The van der Waals surface area contributed by atoms with Crippen molar-refractivity contribution in [2.75, 3.05) is 20.6 Å². The third-order valence-corrected chi connectivity index (χ3v) is 2.41. The summed E-state index contributed by atoms with van der Waals surface area (Å²) in [6.45, 7) is 4.68. The standard InChI is InChI=1S/C9H19N3OS/c1-9(2,12(3)4)6-11-8(13)5-7(10)14/h5-6H2,1-4H3,(H2,10,14)(H,11,13). The highest BCUT2D eigenvalue weighted by molar-refractivity contribution is 7.80. The van der Waals surface area contributed by atoms with Crippen molar-refractivity contribution in [2.45, 2.75) is 25.8 Å². The molecule has 82 valence electrons. The van der Waals surface area contributed by atoms with Crippen molar-refractivity contribution in [3.05, 3.63) is 0 Å². The van der Waals surface area contributed by atoms with Gasteiger partial charge in [-0.3, -0.25) is 4.79 Å². The van der Waals surface area contributed by atoms with Gasteiger partial charge in [0.1, 0.15) is 0 Å². The van der Waals surface area contributed by atoms with Gasteiger partial charge in [-0.1, -0.05) is 12.2 Å². The summed E-state index contributed by atoms with van der Waals surface area (Å²) in [5, 5.41) is 2.79. The molecule has 0 heterocycles. The fraction of sp³-hybridized carbons (Fsp3) is 0.778. The number of amides is 1. The highest BCUT2D eigenvalue weighted by Gasteiger charge is 2.20. The van der Waals surface area contributed by atoms with Gasteiger partial charge in [0.2, 0.25) is 5.91 Å². The molecule has 0 saturated heterocycles. The minimum Gasteiger partial charge on any atom is -0.393 e. The van der Waals surface area contributed by atoms with E-state index in [9.17, 15) is 4.79 Å². The number of nitrogens with zero attached hydrogens (tertiary/aromatic N) is 1. The largest absolute Gasteiger partial charge is 0.393 e. The lowest BCUT2D eigenvalue weighted by Gasteiger charge is -2.32. The molecular weight excluding hydrogens is 198 g/mol. The van der Waals surface area contributed by atoms with Gasteiger partial charge in [-0.2, -0.15) is 0 Å². The van der Waals surface area contributed by atoms with Gasteiger partial charge in [-0.05, 0) is 27.9 Å². The second kappa shape index (κ2) is 5.26. The van der Waals surface area contributed by atoms with E-state index in [0.717, 1.165) is 0 Å². The van der Waals surface area contributed by atoms with Crippen LogP contribution in [0.4, 0.5) is 0 Å². The van der Waals surface area contributed by atoms with Gasteiger partial charge in [-0.25, -0.2) is 0 Å². The van der Waals surface area contributed by atoms with Crippen LogP contribution in [0.25, 0.3) is 0 Å². The Balaban J connectivity index is 3.94. The summed E-state index contributed by atoms with van der Waals surface area (Å²) in [5.74, 6) is -0.118. The van der Waals surface area contributed by atoms with E-state index in [1.54, 1.807) is 0 Å². The molecule has 0 spiro atoms. The Morgan fingerprint density at radius 2 is 2.00 bits per heavy atom. The Bertz CT molecular complexity index is 226. The van der Waals surface area contributed by atoms with Crippen LogP contribution < -0.4 is 11.1 Å². The molecule has 0 aliphatic heterocycles. The summed E-state index contributed by atoms with van der Waals surface area (Å²) >= 11 is 4.64. The van der Waals surface area contributed by atoms with Gasteiger partial charge in [0.05, 0.1) is 11.4 Å². The Hall–Kier alpha value is -0.680. The minimum atomic E-state index is -0.118. The highest BCUT2D eigenvalue weighted by Crippen LogP contribution is 2.07. The summed E-state index contributed by atoms with van der Waals surface area (Å²) in [5.41, 5.74) is 5.19. The molecular formula is C9H19N3OS. The lowest BCUT2D eigenvalue weighted by Crippen LogP contribution is -2.48. The topological polar surface area (TPSA) is 58.4 Å². The molecule has 3 N–H and O–H groups in total. The van der Waals surface area contributed by atoms with Crippen molar-refractivity contribution in [3.8, 4) is 0 Å². The number of carbonyl (C=O) groups excluding carboxylic acids is 1. The van der Waals surface area contributed by atoms with E-state index in [-0.39, 0.29) is 22.9 Å². The summed E-state index contributed by atoms with van der Waals surface area (Å²) in [6, 6.07) is 0. The predicted molar refractivity (Wildman–Crippen MR) is 62.2 cm³/mol. The third kappa shape index (κ3) is 5.14. The molecule has 0 aromatic rings. The van der Waals surface area contributed by atoms with E-state index < -0.39 is 0 Å². The fourth-order valence-electron chi connectivity index (χ4n) is 0.694. The molecule has 4 nitrogen and oxygen atoms in total. The number of hydrogen-bond donors (Lipinski definition) is 2. The molecule has 5 heteroatoms. The second-order valence-corrected chi connectivity index (χ2v) is 4.65. The zero-order valence-electron chi connectivity index (χ0n) is 9.26. The van der Waals surface area contributed by atoms with Gasteiger partial charge in [0.15, 0.2) is 0 Å². The number of nitrogens with one attached hydrogen (secondary N) is 1. The zero-order chi connectivity index (χ0) is 11.4. The highest BCUT2D eigenvalue weighted by atomic mass is 32.1. The number of carbonyl (C=O) groups is 1. The van der Waals surface area contributed by atoms with Crippen LogP contribution >= 0.6 is 12.2 Å². The van der Waals surface area contributed by atoms with Crippen molar-refractivity contribution < 1.29 is 4.79 Å². The van der Waals surface area contributed by atoms with Crippen molar-refractivity contribution >= 4 is 23.1 Å². The SMILES string of the molecule is CN(C)C(C)(C)CNC(=O)CC(N)=S. The van der Waals surface area contributed by atoms with E-state index in [4.69, 9.17) is 5.73 Å². The van der Waals surface area contributed by atoms with E-state index in [0.29, 0.717) is 6.54 Å². The first kappa shape index (κ1) is 13.3. The Morgan fingerprint density at radius 3 is 2.36 bits per heavy atom. The molecule has 0 fully saturated rings. The molecule has 0 bridgehead atoms. The summed E-state index contributed by atoms with van der Waals surface area (Å²) in [7, 11) is 3.94. The van der Waals surface area contributed by atoms with Gasteiger partial charge in [-0.15, -0.1) is 0 Å². The smallest absolute Gasteiger partial charge is 0.226 e. The van der Waals surface area contributed by atoms with E-state index in [2.05, 4.69) is 17.5 Å². The maximum atomic E-state index is 11.2. The number of hydrogen-bond acceptors (Lipinski definition) is 3. The van der Waals surface area contributed by atoms with Crippen LogP contribution in [-0.2, 0) is 4.79 Å². The summed E-state index contributed by atoms with van der Waals surface area (Å²) < 4.78 is 0.